The van der Waals surface area contributed by atoms with Crippen molar-refractivity contribution in [3.8, 4) is 5.75 Å². The highest BCUT2D eigenvalue weighted by Crippen LogP contribution is 2.17. The SMILES string of the molecule is Cc1ccc(NC(=O)NCC2CCCN(C(=O)COc3ccc(CC(N)=O)cc3)C2)cc1. The van der Waals surface area contributed by atoms with Crippen LogP contribution in [0.2, 0.25) is 0 Å². The monoisotopic (exact) mass is 438 g/mol. The lowest BCUT2D eigenvalue weighted by Gasteiger charge is -2.32. The van der Waals surface area contributed by atoms with E-state index in [1.807, 2.05) is 31.2 Å². The van der Waals surface area contributed by atoms with E-state index >= 15 is 0 Å². The molecule has 0 aliphatic carbocycles. The molecular weight excluding hydrogens is 408 g/mol. The lowest BCUT2D eigenvalue weighted by Crippen LogP contribution is -2.45. The molecule has 8 heteroatoms. The van der Waals surface area contributed by atoms with Crippen molar-refractivity contribution in [3.05, 3.63) is 59.7 Å². The third-order valence-electron chi connectivity index (χ3n) is 5.40. The average Bonchev–Trinajstić information content (AvgIpc) is 2.78. The first kappa shape index (κ1) is 23.1. The number of anilines is 1. The number of benzene rings is 2. The van der Waals surface area contributed by atoms with E-state index in [-0.39, 0.29) is 30.9 Å². The fourth-order valence-electron chi connectivity index (χ4n) is 3.65. The van der Waals surface area contributed by atoms with Crippen LogP contribution in [-0.2, 0) is 16.0 Å². The molecule has 0 spiro atoms. The van der Waals surface area contributed by atoms with Crippen LogP contribution in [0.1, 0.15) is 24.0 Å². The van der Waals surface area contributed by atoms with E-state index < -0.39 is 5.91 Å². The van der Waals surface area contributed by atoms with Crippen molar-refractivity contribution in [1.29, 1.82) is 0 Å². The highest BCUT2D eigenvalue weighted by Gasteiger charge is 2.24. The van der Waals surface area contributed by atoms with Crippen molar-refractivity contribution in [2.45, 2.75) is 26.2 Å². The number of urea groups is 1. The maximum absolute atomic E-state index is 12.6. The molecule has 3 rings (SSSR count). The van der Waals surface area contributed by atoms with Crippen LogP contribution in [0, 0.1) is 12.8 Å². The molecule has 1 aliphatic rings. The first-order chi connectivity index (χ1) is 15.4. The molecule has 0 saturated carbocycles. The van der Waals surface area contributed by atoms with Gasteiger partial charge in [0.2, 0.25) is 5.91 Å². The van der Waals surface area contributed by atoms with Gasteiger partial charge in [-0.2, -0.15) is 0 Å². The minimum atomic E-state index is -0.393. The van der Waals surface area contributed by atoms with Gasteiger partial charge in [-0.25, -0.2) is 4.79 Å². The number of hydrogen-bond acceptors (Lipinski definition) is 4. The molecule has 8 nitrogen and oxygen atoms in total. The maximum atomic E-state index is 12.6. The van der Waals surface area contributed by atoms with E-state index in [4.69, 9.17) is 10.5 Å². The molecular formula is C24H30N4O4. The van der Waals surface area contributed by atoms with Gasteiger partial charge < -0.3 is 26.0 Å². The zero-order chi connectivity index (χ0) is 22.9. The number of carbonyl (C=O) groups is 3. The quantitative estimate of drug-likeness (QED) is 0.587. The Morgan fingerprint density at radius 3 is 2.50 bits per heavy atom. The molecule has 32 heavy (non-hydrogen) atoms. The standard InChI is InChI=1S/C24H30N4O4/c1-17-4-8-20(9-5-17)27-24(31)26-14-19-3-2-12-28(15-19)23(30)16-32-21-10-6-18(7-11-21)13-22(25)29/h4-11,19H,2-3,12-16H2,1H3,(H2,25,29)(H2,26,27,31). The first-order valence-electron chi connectivity index (χ1n) is 10.8. The summed E-state index contributed by atoms with van der Waals surface area (Å²) in [6.07, 6.45) is 2.02. The van der Waals surface area contributed by atoms with Crippen LogP contribution in [-0.4, -0.2) is 49.0 Å². The summed E-state index contributed by atoms with van der Waals surface area (Å²) in [6.45, 7) is 3.72. The highest BCUT2D eigenvalue weighted by atomic mass is 16.5. The average molecular weight is 439 g/mol. The Kier molecular flexibility index (Phi) is 8.08. The van der Waals surface area contributed by atoms with Crippen LogP contribution < -0.4 is 21.1 Å². The van der Waals surface area contributed by atoms with Crippen molar-refractivity contribution in [1.82, 2.24) is 10.2 Å². The number of nitrogens with zero attached hydrogens (tertiary/aromatic N) is 1. The van der Waals surface area contributed by atoms with Crippen LogP contribution >= 0.6 is 0 Å². The largest absolute Gasteiger partial charge is 0.484 e. The van der Waals surface area contributed by atoms with E-state index in [1.165, 1.54) is 0 Å². The number of ether oxygens (including phenoxy) is 1. The van der Waals surface area contributed by atoms with Crippen LogP contribution in [0.5, 0.6) is 5.75 Å². The fourth-order valence-corrected chi connectivity index (χ4v) is 3.65. The smallest absolute Gasteiger partial charge is 0.319 e. The molecule has 0 radical (unpaired) electrons. The third-order valence-corrected chi connectivity index (χ3v) is 5.40. The number of rotatable bonds is 8. The lowest BCUT2D eigenvalue weighted by atomic mass is 9.98. The van der Waals surface area contributed by atoms with Gasteiger partial charge in [-0.15, -0.1) is 0 Å². The Morgan fingerprint density at radius 2 is 1.81 bits per heavy atom. The molecule has 4 amide bonds. The summed E-state index contributed by atoms with van der Waals surface area (Å²) < 4.78 is 5.60. The van der Waals surface area contributed by atoms with E-state index in [9.17, 15) is 14.4 Å². The van der Waals surface area contributed by atoms with Crippen molar-refractivity contribution < 1.29 is 19.1 Å². The number of primary amides is 1. The van der Waals surface area contributed by atoms with Crippen LogP contribution in [0.15, 0.2) is 48.5 Å². The number of nitrogens with two attached hydrogens (primary N) is 1. The second-order valence-electron chi connectivity index (χ2n) is 8.12. The topological polar surface area (TPSA) is 114 Å². The van der Waals surface area contributed by atoms with Gasteiger partial charge in [0.25, 0.3) is 5.91 Å². The molecule has 0 bridgehead atoms. The van der Waals surface area contributed by atoms with E-state index in [2.05, 4.69) is 10.6 Å². The molecule has 4 N–H and O–H groups in total. The van der Waals surface area contributed by atoms with E-state index in [1.54, 1.807) is 29.2 Å². The minimum absolute atomic E-state index is 0.0524. The van der Waals surface area contributed by atoms with Crippen molar-refractivity contribution in [2.75, 3.05) is 31.6 Å². The minimum Gasteiger partial charge on any atom is -0.484 e. The summed E-state index contributed by atoms with van der Waals surface area (Å²) in [5.74, 6) is 0.287. The summed E-state index contributed by atoms with van der Waals surface area (Å²) >= 11 is 0. The van der Waals surface area contributed by atoms with Gasteiger partial charge >= 0.3 is 6.03 Å². The molecule has 2 aromatic carbocycles. The third kappa shape index (κ3) is 7.30. The van der Waals surface area contributed by atoms with Gasteiger partial charge in [0, 0.05) is 25.3 Å². The molecule has 170 valence electrons. The predicted octanol–water partition coefficient (Wildman–Crippen LogP) is 2.46. The lowest BCUT2D eigenvalue weighted by molar-refractivity contribution is -0.135. The van der Waals surface area contributed by atoms with Crippen LogP contribution in [0.25, 0.3) is 0 Å². The Morgan fingerprint density at radius 1 is 1.09 bits per heavy atom. The predicted molar refractivity (Wildman–Crippen MR) is 122 cm³/mol. The van der Waals surface area contributed by atoms with Gasteiger partial charge in [0.05, 0.1) is 6.42 Å². The number of carbonyl (C=O) groups excluding carboxylic acids is 3. The zero-order valence-electron chi connectivity index (χ0n) is 18.3. The van der Waals surface area contributed by atoms with Gasteiger partial charge in [-0.1, -0.05) is 29.8 Å². The number of piperidine rings is 1. The molecule has 1 fully saturated rings. The Balaban J connectivity index is 1.40. The van der Waals surface area contributed by atoms with Crippen LogP contribution in [0.3, 0.4) is 0 Å². The summed E-state index contributed by atoms with van der Waals surface area (Å²) in [5.41, 5.74) is 7.86. The summed E-state index contributed by atoms with van der Waals surface area (Å²) in [5, 5.41) is 5.72. The van der Waals surface area contributed by atoms with Gasteiger partial charge in [-0.05, 0) is 55.5 Å². The second-order valence-corrected chi connectivity index (χ2v) is 8.12. The maximum Gasteiger partial charge on any atom is 0.319 e. The molecule has 1 heterocycles. The van der Waals surface area contributed by atoms with Gasteiger partial charge in [0.15, 0.2) is 6.61 Å². The molecule has 1 atom stereocenters. The molecule has 2 aromatic rings. The molecule has 0 aromatic heterocycles. The number of aryl methyl sites for hydroxylation is 1. The summed E-state index contributed by atoms with van der Waals surface area (Å²) in [4.78, 5) is 37.5. The summed E-state index contributed by atoms with van der Waals surface area (Å²) in [6, 6.07) is 14.3. The highest BCUT2D eigenvalue weighted by molar-refractivity contribution is 5.89. The van der Waals surface area contributed by atoms with E-state index in [0.717, 1.165) is 29.7 Å². The number of hydrogen-bond donors (Lipinski definition) is 3. The molecule has 1 saturated heterocycles. The Bertz CT molecular complexity index is 928. The number of nitrogens with one attached hydrogen (secondary N) is 2. The van der Waals surface area contributed by atoms with Crippen LogP contribution in [0.4, 0.5) is 10.5 Å². The fraction of sp³-hybridized carbons (Fsp3) is 0.375. The van der Waals surface area contributed by atoms with Gasteiger partial charge in [0.1, 0.15) is 5.75 Å². The van der Waals surface area contributed by atoms with Gasteiger partial charge in [-0.3, -0.25) is 9.59 Å². The van der Waals surface area contributed by atoms with Crippen molar-refractivity contribution in [2.24, 2.45) is 11.7 Å². The van der Waals surface area contributed by atoms with E-state index in [0.29, 0.717) is 25.4 Å². The van der Waals surface area contributed by atoms with Crippen molar-refractivity contribution >= 4 is 23.5 Å². The Hall–Kier alpha value is -3.55. The zero-order valence-corrected chi connectivity index (χ0v) is 18.3. The number of amides is 4. The molecule has 1 unspecified atom stereocenters. The van der Waals surface area contributed by atoms with Crippen molar-refractivity contribution in [3.63, 3.8) is 0 Å². The summed E-state index contributed by atoms with van der Waals surface area (Å²) in [7, 11) is 0. The first-order valence-corrected chi connectivity index (χ1v) is 10.8. The normalized spacial score (nSPS) is 15.7. The Labute approximate surface area is 188 Å². The molecule has 1 aliphatic heterocycles. The number of likely N-dealkylation sites (tertiary alicyclic amines) is 1. The second kappa shape index (κ2) is 11.2.